The second kappa shape index (κ2) is 12.7. The van der Waals surface area contributed by atoms with Gasteiger partial charge in [0.2, 0.25) is 0 Å². The summed E-state index contributed by atoms with van der Waals surface area (Å²) in [6.45, 7) is 0. The van der Waals surface area contributed by atoms with E-state index in [4.69, 9.17) is 24.7 Å². The molecule has 0 fully saturated rings. The molecule has 264 valence electrons. The third kappa shape index (κ3) is 5.10. The highest BCUT2D eigenvalue weighted by Crippen LogP contribution is 2.48. The Hall–Kier alpha value is -7.20. The molecule has 0 saturated carbocycles. The zero-order valence-electron chi connectivity index (χ0n) is 58.5. The fourth-order valence-corrected chi connectivity index (χ4v) is 8.03. The van der Waals surface area contributed by atoms with Crippen LogP contribution in [0.5, 0.6) is 0 Å². The molecule has 0 unspecified atom stereocenters. The maximum atomic E-state index is 10.1. The molecular formula is C54H32N2S. The topological polar surface area (TPSA) is 25.8 Å². The second-order valence-electron chi connectivity index (χ2n) is 12.6. The third-order valence-corrected chi connectivity index (χ3v) is 10.6. The van der Waals surface area contributed by atoms with Crippen LogP contribution in [-0.2, 0) is 0 Å². The van der Waals surface area contributed by atoms with Crippen LogP contribution in [0.15, 0.2) is 194 Å². The van der Waals surface area contributed by atoms with E-state index in [2.05, 4.69) is 9.97 Å². The number of hydrogen-bond donors (Lipinski definition) is 0. The molecule has 0 atom stereocenters. The number of hydrogen-bond acceptors (Lipinski definition) is 3. The quantitative estimate of drug-likeness (QED) is 0.163. The highest BCUT2D eigenvalue weighted by molar-refractivity contribution is 7.19. The van der Waals surface area contributed by atoms with Crippen molar-refractivity contribution < 1.29 is 41.1 Å². The molecule has 3 heteroatoms. The van der Waals surface area contributed by atoms with Crippen LogP contribution in [0.1, 0.15) is 41.1 Å². The number of nitrogens with zero attached hydrogens (tertiary/aromatic N) is 2. The van der Waals surface area contributed by atoms with Crippen molar-refractivity contribution >= 4 is 76.2 Å². The molecule has 0 aliphatic rings. The van der Waals surface area contributed by atoms with E-state index in [0.717, 1.165) is 12.1 Å². The molecule has 0 bridgehead atoms. The standard InChI is InChI=1S/C54H32N2S/c1-2-9-33(10-3-1)47-32-49(45-25-22-36-19-18-34-11-6-12-35-23-26-46(45)51(36)50(34)35)57-54(47)40-14-7-13-39(31-40)41-27-28-44(43-17-5-4-16-42(41)43)48-29-24-38-21-20-37-15-8-30-55-52(37)53(38)56-48/h1-32H/i1D,2D,3D,4D,5D,6D,7D,8D,9D,10D,11D,12D,13D,14D,15D,17D,18D,19D,20D,21D,22D,23D,24D,25D,26D,27D,28D,29D,30D,31D. The molecule has 3 heterocycles. The SMILES string of the molecule is [2H]c1cc2c(-c3c([2H])c([2H])c([2H])c(-c4sc(-c5c([2H])c([2H])c6c([2H])c([2H])c7c([2H])c([2H])c([2H])c8c([2H])c([2H])c5c6c78)cc4-c4c([2H])c([2H])c([2H])c([2H])c4[2H])c3[2H])c([2H])c([2H])c(-c3nc4c(c([2H])c3[2H])c([2H])c([2H])c3c([2H])c([2H])c([2H])nc34)c2c([2H])c1[2H]. The smallest absolute Gasteiger partial charge is 0.0972 e. The van der Waals surface area contributed by atoms with Crippen LogP contribution in [0.25, 0.3) is 119 Å². The predicted molar refractivity (Wildman–Crippen MR) is 243 cm³/mol. The number of rotatable bonds is 5. The van der Waals surface area contributed by atoms with Gasteiger partial charge in [-0.1, -0.05) is 163 Å². The summed E-state index contributed by atoms with van der Waals surface area (Å²) in [4.78, 5) is 7.91. The van der Waals surface area contributed by atoms with Crippen LogP contribution >= 0.6 is 11.3 Å². The van der Waals surface area contributed by atoms with Crippen molar-refractivity contribution in [2.75, 3.05) is 0 Å². The van der Waals surface area contributed by atoms with Gasteiger partial charge in [-0.2, -0.15) is 0 Å². The van der Waals surface area contributed by atoms with Crippen molar-refractivity contribution in [2.24, 2.45) is 0 Å². The van der Waals surface area contributed by atoms with Gasteiger partial charge in [-0.05, 0) is 95.1 Å². The molecule has 0 radical (unpaired) electrons. The Labute approximate surface area is 375 Å². The highest BCUT2D eigenvalue weighted by atomic mass is 32.1. The minimum absolute atomic E-state index is 0.219. The lowest BCUT2D eigenvalue weighted by molar-refractivity contribution is 1.37. The maximum absolute atomic E-state index is 10.1. The number of benzene rings is 9. The Bertz CT molecular complexity index is 5240. The lowest BCUT2D eigenvalue weighted by atomic mass is 9.91. The summed E-state index contributed by atoms with van der Waals surface area (Å²) in [6, 6.07) is -21.2. The van der Waals surface area contributed by atoms with E-state index in [0.29, 0.717) is 11.3 Å². The first-order valence-corrected chi connectivity index (χ1v) is 17.8. The van der Waals surface area contributed by atoms with Crippen molar-refractivity contribution in [1.29, 1.82) is 0 Å². The molecule has 0 aliphatic carbocycles. The van der Waals surface area contributed by atoms with Crippen LogP contribution < -0.4 is 0 Å². The van der Waals surface area contributed by atoms with E-state index in [1.165, 1.54) is 0 Å². The van der Waals surface area contributed by atoms with Crippen LogP contribution in [0, 0.1) is 0 Å². The molecular weight excluding hydrogens is 709 g/mol. The first kappa shape index (κ1) is 14.4. The van der Waals surface area contributed by atoms with Crippen LogP contribution in [-0.4, -0.2) is 9.97 Å². The first-order chi connectivity index (χ1) is 40.7. The van der Waals surface area contributed by atoms with Crippen LogP contribution in [0.2, 0.25) is 0 Å². The van der Waals surface area contributed by atoms with E-state index in [9.17, 15) is 16.4 Å². The van der Waals surface area contributed by atoms with Gasteiger partial charge in [-0.3, -0.25) is 4.98 Å². The van der Waals surface area contributed by atoms with Gasteiger partial charge >= 0.3 is 0 Å². The molecule has 3 aromatic heterocycles. The normalized spacial score (nSPS) is 19.2. The van der Waals surface area contributed by atoms with E-state index < -0.39 is 269 Å². The molecule has 9 aromatic carbocycles. The molecule has 12 aromatic rings. The Kier molecular flexibility index (Phi) is 3.20. The molecule has 2 nitrogen and oxygen atoms in total. The first-order valence-electron chi connectivity index (χ1n) is 32.0. The fourth-order valence-electron chi connectivity index (χ4n) is 6.90. The Balaban J connectivity index is 1.22. The van der Waals surface area contributed by atoms with Gasteiger partial charge in [0.25, 0.3) is 0 Å². The Morgan fingerprint density at radius 1 is 0.421 bits per heavy atom. The minimum atomic E-state index is -0.999. The minimum Gasteiger partial charge on any atom is -0.254 e. The summed E-state index contributed by atoms with van der Waals surface area (Å²) in [5, 5.41) is -3.85. The van der Waals surface area contributed by atoms with Crippen molar-refractivity contribution in [1.82, 2.24) is 9.97 Å². The molecule has 12 rings (SSSR count). The monoisotopic (exact) mass is 770 g/mol. The van der Waals surface area contributed by atoms with Crippen molar-refractivity contribution in [3.63, 3.8) is 0 Å². The van der Waals surface area contributed by atoms with E-state index in [-0.39, 0.29) is 31.8 Å². The molecule has 0 saturated heterocycles. The second-order valence-corrected chi connectivity index (χ2v) is 13.6. The van der Waals surface area contributed by atoms with Crippen molar-refractivity contribution in [3.8, 4) is 54.4 Å². The summed E-state index contributed by atoms with van der Waals surface area (Å²) in [7, 11) is 0. The molecule has 0 spiro atoms. The Morgan fingerprint density at radius 3 is 1.98 bits per heavy atom. The fraction of sp³-hybridized carbons (Fsp3) is 0. The van der Waals surface area contributed by atoms with Crippen molar-refractivity contribution in [2.45, 2.75) is 0 Å². The number of aromatic nitrogens is 2. The number of pyridine rings is 2. The largest absolute Gasteiger partial charge is 0.254 e. The van der Waals surface area contributed by atoms with Gasteiger partial charge in [-0.25, -0.2) is 4.98 Å². The molecule has 0 aliphatic heterocycles. The summed E-state index contributed by atoms with van der Waals surface area (Å²) in [5.74, 6) is 0. The third-order valence-electron chi connectivity index (χ3n) is 9.43. The predicted octanol–water partition coefficient (Wildman–Crippen LogP) is 15.2. The van der Waals surface area contributed by atoms with Crippen LogP contribution in [0.4, 0.5) is 0 Å². The lowest BCUT2D eigenvalue weighted by Gasteiger charge is -2.14. The highest BCUT2D eigenvalue weighted by Gasteiger charge is 2.19. The lowest BCUT2D eigenvalue weighted by Crippen LogP contribution is -1.91. The molecule has 0 N–H and O–H groups in total. The average Bonchev–Trinajstić information content (AvgIpc) is 1.18. The van der Waals surface area contributed by atoms with Gasteiger partial charge in [-0.15, -0.1) is 11.3 Å². The summed E-state index contributed by atoms with van der Waals surface area (Å²) >= 11 is 0.515. The number of thiophene rings is 1. The maximum Gasteiger partial charge on any atom is 0.0972 e. The van der Waals surface area contributed by atoms with Gasteiger partial charge in [0.15, 0.2) is 0 Å². The van der Waals surface area contributed by atoms with Gasteiger partial charge in [0.05, 0.1) is 57.9 Å². The van der Waals surface area contributed by atoms with Gasteiger partial charge in [0.1, 0.15) is 0 Å². The summed E-state index contributed by atoms with van der Waals surface area (Å²) < 4.78 is 272. The van der Waals surface area contributed by atoms with E-state index in [1.807, 2.05) is 0 Å². The summed E-state index contributed by atoms with van der Waals surface area (Å²) in [5.41, 5.74) is -5.66. The zero-order valence-corrected chi connectivity index (χ0v) is 29.3. The zero-order chi connectivity index (χ0) is 63.6. The average molecular weight is 771 g/mol. The number of fused-ring (bicyclic) bond motifs is 4. The summed E-state index contributed by atoms with van der Waals surface area (Å²) in [6.07, 6.45) is -0.760. The van der Waals surface area contributed by atoms with Gasteiger partial charge < -0.3 is 0 Å². The van der Waals surface area contributed by atoms with Crippen LogP contribution in [0.3, 0.4) is 0 Å². The van der Waals surface area contributed by atoms with E-state index in [1.54, 1.807) is 0 Å². The van der Waals surface area contributed by atoms with Gasteiger partial charge in [0, 0.05) is 37.8 Å². The molecule has 0 amide bonds. The Morgan fingerprint density at radius 2 is 1.09 bits per heavy atom. The van der Waals surface area contributed by atoms with E-state index >= 15 is 0 Å². The molecule has 57 heavy (non-hydrogen) atoms. The van der Waals surface area contributed by atoms with Crippen molar-refractivity contribution in [3.05, 3.63) is 194 Å².